The van der Waals surface area contributed by atoms with Gasteiger partial charge in [-0.3, -0.25) is 9.59 Å². The van der Waals surface area contributed by atoms with Gasteiger partial charge in [0.1, 0.15) is 11.5 Å². The first-order chi connectivity index (χ1) is 14.0. The van der Waals surface area contributed by atoms with Crippen LogP contribution in [0.4, 0.5) is 5.69 Å². The maximum atomic E-state index is 12.0. The molecule has 0 saturated heterocycles. The Hall–Kier alpha value is -3.35. The molecule has 0 unspecified atom stereocenters. The molecule has 29 heavy (non-hydrogen) atoms. The molecule has 0 radical (unpaired) electrons. The van der Waals surface area contributed by atoms with Crippen LogP contribution in [0.25, 0.3) is 0 Å². The van der Waals surface area contributed by atoms with Crippen LogP contribution < -0.4 is 15.5 Å². The van der Waals surface area contributed by atoms with Gasteiger partial charge in [0.05, 0.1) is 16.3 Å². The number of hydrogen-bond acceptors (Lipinski definition) is 4. The van der Waals surface area contributed by atoms with E-state index in [2.05, 4.69) is 15.8 Å². The largest absolute Gasteiger partial charge is 0.457 e. The van der Waals surface area contributed by atoms with E-state index in [4.69, 9.17) is 27.9 Å². The summed E-state index contributed by atoms with van der Waals surface area (Å²) in [6.45, 7) is 0. The van der Waals surface area contributed by atoms with E-state index in [1.165, 1.54) is 6.21 Å². The van der Waals surface area contributed by atoms with Gasteiger partial charge in [-0.05, 0) is 42.5 Å². The van der Waals surface area contributed by atoms with Gasteiger partial charge in [-0.15, -0.1) is 0 Å². The highest BCUT2D eigenvalue weighted by molar-refractivity contribution is 6.43. The van der Waals surface area contributed by atoms with E-state index < -0.39 is 11.8 Å². The first-order valence-corrected chi connectivity index (χ1v) is 9.20. The van der Waals surface area contributed by atoms with Crippen LogP contribution in [0.1, 0.15) is 5.56 Å². The molecule has 146 valence electrons. The summed E-state index contributed by atoms with van der Waals surface area (Å²) in [5.74, 6) is -0.497. The van der Waals surface area contributed by atoms with Crippen molar-refractivity contribution >= 4 is 46.9 Å². The molecule has 6 nitrogen and oxygen atoms in total. The van der Waals surface area contributed by atoms with Crippen LogP contribution in [0.2, 0.25) is 10.0 Å². The van der Waals surface area contributed by atoms with Crippen molar-refractivity contribution in [1.82, 2.24) is 5.43 Å². The van der Waals surface area contributed by atoms with Crippen LogP contribution in [0, 0.1) is 0 Å². The fourth-order valence-corrected chi connectivity index (χ4v) is 2.61. The van der Waals surface area contributed by atoms with E-state index in [0.29, 0.717) is 32.8 Å². The Labute approximate surface area is 177 Å². The number of nitrogens with zero attached hydrogens (tertiary/aromatic N) is 1. The van der Waals surface area contributed by atoms with Gasteiger partial charge in [-0.2, -0.15) is 5.10 Å². The number of para-hydroxylation sites is 1. The standard InChI is InChI=1S/C21H15Cl2N3O3/c22-18-8-4-5-14(19(18)23)13-24-26-21(28)20(27)25-15-9-11-17(12-10-15)29-16-6-2-1-3-7-16/h1-13H,(H,25,27)(H,26,28)/b24-13-. The minimum atomic E-state index is -0.927. The van der Waals surface area contributed by atoms with Gasteiger partial charge in [-0.25, -0.2) is 5.43 Å². The molecular formula is C21H15Cl2N3O3. The van der Waals surface area contributed by atoms with Crippen LogP contribution in [0.5, 0.6) is 11.5 Å². The van der Waals surface area contributed by atoms with Crippen LogP contribution in [0.15, 0.2) is 77.9 Å². The van der Waals surface area contributed by atoms with Crippen LogP contribution >= 0.6 is 23.2 Å². The smallest absolute Gasteiger partial charge is 0.329 e. The number of nitrogens with one attached hydrogen (secondary N) is 2. The Balaban J connectivity index is 1.53. The van der Waals surface area contributed by atoms with Gasteiger partial charge in [-0.1, -0.05) is 53.5 Å². The molecular weight excluding hydrogens is 413 g/mol. The molecule has 3 aromatic carbocycles. The molecule has 3 aromatic rings. The van der Waals surface area contributed by atoms with Crippen molar-refractivity contribution in [3.63, 3.8) is 0 Å². The summed E-state index contributed by atoms with van der Waals surface area (Å²) in [6, 6.07) is 20.9. The second-order valence-corrected chi connectivity index (χ2v) is 6.52. The van der Waals surface area contributed by atoms with Crippen molar-refractivity contribution in [2.75, 3.05) is 5.32 Å². The third kappa shape index (κ3) is 5.81. The lowest BCUT2D eigenvalue weighted by atomic mass is 10.2. The van der Waals surface area contributed by atoms with Crippen molar-refractivity contribution in [2.45, 2.75) is 0 Å². The minimum Gasteiger partial charge on any atom is -0.457 e. The Bertz CT molecular complexity index is 1040. The number of carbonyl (C=O) groups is 2. The molecule has 2 N–H and O–H groups in total. The Morgan fingerprint density at radius 2 is 1.52 bits per heavy atom. The van der Waals surface area contributed by atoms with Gasteiger partial charge in [0.2, 0.25) is 0 Å². The molecule has 0 atom stereocenters. The van der Waals surface area contributed by atoms with E-state index in [1.54, 1.807) is 42.5 Å². The predicted molar refractivity (Wildman–Crippen MR) is 114 cm³/mol. The number of benzene rings is 3. The SMILES string of the molecule is O=C(N/N=C\c1cccc(Cl)c1Cl)C(=O)Nc1ccc(Oc2ccccc2)cc1. The Morgan fingerprint density at radius 1 is 0.828 bits per heavy atom. The molecule has 0 saturated carbocycles. The summed E-state index contributed by atoms with van der Waals surface area (Å²) in [7, 11) is 0. The number of halogens is 2. The zero-order valence-corrected chi connectivity index (χ0v) is 16.4. The Morgan fingerprint density at radius 3 is 2.24 bits per heavy atom. The lowest BCUT2D eigenvalue weighted by molar-refractivity contribution is -0.136. The van der Waals surface area contributed by atoms with Crippen LogP contribution in [-0.2, 0) is 9.59 Å². The van der Waals surface area contributed by atoms with E-state index in [0.717, 1.165) is 0 Å². The molecule has 0 aliphatic rings. The maximum absolute atomic E-state index is 12.0. The number of hydrazone groups is 1. The monoisotopic (exact) mass is 427 g/mol. The van der Waals surface area contributed by atoms with Crippen molar-refractivity contribution in [2.24, 2.45) is 5.10 Å². The van der Waals surface area contributed by atoms with E-state index >= 15 is 0 Å². The van der Waals surface area contributed by atoms with Crippen LogP contribution in [0.3, 0.4) is 0 Å². The van der Waals surface area contributed by atoms with Gasteiger partial charge in [0, 0.05) is 11.3 Å². The highest BCUT2D eigenvalue weighted by atomic mass is 35.5. The molecule has 0 spiro atoms. The summed E-state index contributed by atoms with van der Waals surface area (Å²) < 4.78 is 5.67. The highest BCUT2D eigenvalue weighted by Crippen LogP contribution is 2.24. The normalized spacial score (nSPS) is 10.6. The first-order valence-electron chi connectivity index (χ1n) is 8.44. The lowest BCUT2D eigenvalue weighted by Gasteiger charge is -2.07. The van der Waals surface area contributed by atoms with E-state index in [9.17, 15) is 9.59 Å². The third-order valence-electron chi connectivity index (χ3n) is 3.65. The molecule has 3 rings (SSSR count). The second-order valence-electron chi connectivity index (χ2n) is 5.74. The Kier molecular flexibility index (Phi) is 6.84. The average Bonchev–Trinajstić information content (AvgIpc) is 2.73. The summed E-state index contributed by atoms with van der Waals surface area (Å²) >= 11 is 11.9. The third-order valence-corrected chi connectivity index (χ3v) is 4.48. The number of rotatable bonds is 5. The van der Waals surface area contributed by atoms with Gasteiger partial charge in [0.15, 0.2) is 0 Å². The summed E-state index contributed by atoms with van der Waals surface area (Å²) in [5, 5.41) is 6.85. The first kappa shape index (κ1) is 20.4. The summed E-state index contributed by atoms with van der Waals surface area (Å²) in [6.07, 6.45) is 1.30. The fraction of sp³-hybridized carbons (Fsp3) is 0. The quantitative estimate of drug-likeness (QED) is 0.346. The number of hydrogen-bond donors (Lipinski definition) is 2. The van der Waals surface area contributed by atoms with E-state index in [1.807, 2.05) is 30.3 Å². The number of anilines is 1. The van der Waals surface area contributed by atoms with Crippen molar-refractivity contribution in [3.8, 4) is 11.5 Å². The summed E-state index contributed by atoms with van der Waals surface area (Å²) in [5.41, 5.74) is 3.08. The zero-order valence-electron chi connectivity index (χ0n) is 14.9. The molecule has 0 aliphatic heterocycles. The van der Waals surface area contributed by atoms with Crippen molar-refractivity contribution in [3.05, 3.63) is 88.4 Å². The maximum Gasteiger partial charge on any atom is 0.329 e. The topological polar surface area (TPSA) is 79.8 Å². The average molecular weight is 428 g/mol. The van der Waals surface area contributed by atoms with Gasteiger partial charge in [0.25, 0.3) is 0 Å². The predicted octanol–water partition coefficient (Wildman–Crippen LogP) is 4.87. The second kappa shape index (κ2) is 9.73. The van der Waals surface area contributed by atoms with Crippen molar-refractivity contribution in [1.29, 1.82) is 0 Å². The molecule has 0 aromatic heterocycles. The molecule has 0 bridgehead atoms. The molecule has 0 fully saturated rings. The fourth-order valence-electron chi connectivity index (χ4n) is 2.25. The van der Waals surface area contributed by atoms with E-state index in [-0.39, 0.29) is 0 Å². The summed E-state index contributed by atoms with van der Waals surface area (Å²) in [4.78, 5) is 23.9. The molecule has 0 heterocycles. The number of ether oxygens (including phenoxy) is 1. The highest BCUT2D eigenvalue weighted by Gasteiger charge is 2.13. The number of amides is 2. The molecule has 0 aliphatic carbocycles. The van der Waals surface area contributed by atoms with Crippen molar-refractivity contribution < 1.29 is 14.3 Å². The zero-order chi connectivity index (χ0) is 20.6. The minimum absolute atomic E-state index is 0.300. The van der Waals surface area contributed by atoms with Crippen LogP contribution in [-0.4, -0.2) is 18.0 Å². The van der Waals surface area contributed by atoms with Gasteiger partial charge >= 0.3 is 11.8 Å². The molecule has 8 heteroatoms. The number of carbonyl (C=O) groups excluding carboxylic acids is 2. The van der Waals surface area contributed by atoms with Gasteiger partial charge < -0.3 is 10.1 Å². The lowest BCUT2D eigenvalue weighted by Crippen LogP contribution is -2.32. The molecule has 2 amide bonds.